The van der Waals surface area contributed by atoms with Crippen molar-refractivity contribution >= 4 is 38.4 Å². The number of hydrogen-bond acceptors (Lipinski definition) is 3. The van der Waals surface area contributed by atoms with E-state index in [4.69, 9.17) is 4.74 Å². The van der Waals surface area contributed by atoms with Crippen molar-refractivity contribution in [2.75, 3.05) is 12.4 Å². The van der Waals surface area contributed by atoms with Crippen LogP contribution in [0.2, 0.25) is 0 Å². The minimum Gasteiger partial charge on any atom is -0.497 e. The molecule has 1 aromatic heterocycles. The third-order valence-corrected chi connectivity index (χ3v) is 3.96. The number of ether oxygens (including phenoxy) is 1. The Bertz CT molecular complexity index is 849. The fourth-order valence-corrected chi connectivity index (χ4v) is 2.61. The Balaban J connectivity index is 1.88. The first-order valence-electron chi connectivity index (χ1n) is 6.67. The van der Waals surface area contributed by atoms with E-state index in [1.165, 1.54) is 0 Å². The molecule has 0 radical (unpaired) electrons. The summed E-state index contributed by atoms with van der Waals surface area (Å²) in [4.78, 5) is 16.6. The van der Waals surface area contributed by atoms with Gasteiger partial charge in [-0.3, -0.25) is 9.78 Å². The lowest BCUT2D eigenvalue weighted by molar-refractivity contribution is 0.102. The van der Waals surface area contributed by atoms with E-state index >= 15 is 0 Å². The van der Waals surface area contributed by atoms with Gasteiger partial charge < -0.3 is 10.1 Å². The summed E-state index contributed by atoms with van der Waals surface area (Å²) in [6.07, 6.45) is 1.64. The zero-order valence-corrected chi connectivity index (χ0v) is 13.4. The van der Waals surface area contributed by atoms with E-state index in [0.717, 1.165) is 21.1 Å². The molecule has 0 saturated heterocycles. The van der Waals surface area contributed by atoms with Crippen LogP contribution in [0.1, 0.15) is 10.4 Å². The van der Waals surface area contributed by atoms with E-state index in [0.29, 0.717) is 11.3 Å². The molecule has 0 bridgehead atoms. The number of benzene rings is 2. The number of methoxy groups -OCH3 is 1. The number of nitrogens with one attached hydrogen (secondary N) is 1. The van der Waals surface area contributed by atoms with Crippen LogP contribution in [0.15, 0.2) is 59.2 Å². The van der Waals surface area contributed by atoms with Crippen LogP contribution in [0.4, 0.5) is 5.69 Å². The molecule has 0 spiro atoms. The highest BCUT2D eigenvalue weighted by Crippen LogP contribution is 2.23. The van der Waals surface area contributed by atoms with E-state index in [2.05, 4.69) is 26.2 Å². The molecular weight excluding hydrogens is 344 g/mol. The molecule has 2 aromatic carbocycles. The number of amides is 1. The summed E-state index contributed by atoms with van der Waals surface area (Å²) in [7, 11) is 1.62. The van der Waals surface area contributed by atoms with Gasteiger partial charge in [-0.05, 0) is 46.3 Å². The largest absolute Gasteiger partial charge is 0.497 e. The first kappa shape index (κ1) is 14.5. The Hall–Kier alpha value is -2.40. The molecule has 4 nitrogen and oxygen atoms in total. The molecule has 3 aromatic rings. The number of carbonyl (C=O) groups excluding carboxylic acids is 1. The van der Waals surface area contributed by atoms with Gasteiger partial charge in [-0.2, -0.15) is 0 Å². The van der Waals surface area contributed by atoms with E-state index in [1.54, 1.807) is 19.4 Å². The standard InChI is InChI=1S/C17H13BrN2O2/c1-22-13-7-6-11-8-12(10-19-16(11)9-13)20-17(21)14-4-2-3-5-15(14)18/h2-10H,1H3,(H,20,21). The normalized spacial score (nSPS) is 10.5. The molecule has 0 saturated carbocycles. The molecule has 1 N–H and O–H groups in total. The summed E-state index contributed by atoms with van der Waals surface area (Å²) < 4.78 is 5.93. The number of carbonyl (C=O) groups is 1. The highest BCUT2D eigenvalue weighted by molar-refractivity contribution is 9.10. The van der Waals surface area contributed by atoms with Gasteiger partial charge in [0.25, 0.3) is 5.91 Å². The van der Waals surface area contributed by atoms with Crippen molar-refractivity contribution < 1.29 is 9.53 Å². The average molecular weight is 357 g/mol. The number of halogens is 1. The first-order valence-corrected chi connectivity index (χ1v) is 7.46. The van der Waals surface area contributed by atoms with Crippen molar-refractivity contribution in [3.63, 3.8) is 0 Å². The molecule has 0 fully saturated rings. The summed E-state index contributed by atoms with van der Waals surface area (Å²) in [6, 6.07) is 14.8. The molecule has 22 heavy (non-hydrogen) atoms. The molecule has 0 atom stereocenters. The Morgan fingerprint density at radius 2 is 2.00 bits per heavy atom. The molecule has 1 amide bonds. The molecular formula is C17H13BrN2O2. The van der Waals surface area contributed by atoms with E-state index in [9.17, 15) is 4.79 Å². The zero-order chi connectivity index (χ0) is 15.5. The smallest absolute Gasteiger partial charge is 0.256 e. The van der Waals surface area contributed by atoms with Gasteiger partial charge in [0.2, 0.25) is 0 Å². The van der Waals surface area contributed by atoms with Crippen molar-refractivity contribution in [3.8, 4) is 5.75 Å². The molecule has 0 aliphatic carbocycles. The lowest BCUT2D eigenvalue weighted by Gasteiger charge is -2.08. The van der Waals surface area contributed by atoms with Crippen LogP contribution >= 0.6 is 15.9 Å². The van der Waals surface area contributed by atoms with Crippen molar-refractivity contribution in [1.29, 1.82) is 0 Å². The van der Waals surface area contributed by atoms with Gasteiger partial charge >= 0.3 is 0 Å². The van der Waals surface area contributed by atoms with Gasteiger partial charge in [0.05, 0.1) is 30.1 Å². The fraction of sp³-hybridized carbons (Fsp3) is 0.0588. The Morgan fingerprint density at radius 1 is 1.18 bits per heavy atom. The lowest BCUT2D eigenvalue weighted by Crippen LogP contribution is -2.12. The summed E-state index contributed by atoms with van der Waals surface area (Å²) in [5.41, 5.74) is 2.05. The number of rotatable bonds is 3. The average Bonchev–Trinajstić information content (AvgIpc) is 2.54. The van der Waals surface area contributed by atoms with Crippen LogP contribution in [-0.2, 0) is 0 Å². The van der Waals surface area contributed by atoms with Gasteiger partial charge in [0, 0.05) is 15.9 Å². The maximum atomic E-state index is 12.3. The quantitative estimate of drug-likeness (QED) is 0.762. The molecule has 0 aliphatic rings. The second-order valence-electron chi connectivity index (χ2n) is 4.72. The second-order valence-corrected chi connectivity index (χ2v) is 5.57. The summed E-state index contributed by atoms with van der Waals surface area (Å²) >= 11 is 3.38. The van der Waals surface area contributed by atoms with Crippen LogP contribution in [-0.4, -0.2) is 18.0 Å². The number of fused-ring (bicyclic) bond motifs is 1. The third-order valence-electron chi connectivity index (χ3n) is 3.27. The van der Waals surface area contributed by atoms with Crippen LogP contribution in [0, 0.1) is 0 Å². The number of aromatic nitrogens is 1. The topological polar surface area (TPSA) is 51.2 Å². The maximum Gasteiger partial charge on any atom is 0.256 e. The molecule has 1 heterocycles. The van der Waals surface area contributed by atoms with E-state index in [-0.39, 0.29) is 5.91 Å². The van der Waals surface area contributed by atoms with Crippen molar-refractivity contribution in [2.45, 2.75) is 0 Å². The minimum atomic E-state index is -0.179. The Morgan fingerprint density at radius 3 is 2.77 bits per heavy atom. The van der Waals surface area contributed by atoms with Crippen molar-refractivity contribution in [1.82, 2.24) is 4.98 Å². The van der Waals surface area contributed by atoms with Gasteiger partial charge in [-0.1, -0.05) is 12.1 Å². The van der Waals surface area contributed by atoms with Gasteiger partial charge in [-0.15, -0.1) is 0 Å². The van der Waals surface area contributed by atoms with Crippen LogP contribution in [0.25, 0.3) is 10.9 Å². The highest BCUT2D eigenvalue weighted by atomic mass is 79.9. The molecule has 0 aliphatic heterocycles. The number of nitrogens with zero attached hydrogens (tertiary/aromatic N) is 1. The summed E-state index contributed by atoms with van der Waals surface area (Å²) in [5, 5.41) is 3.79. The zero-order valence-electron chi connectivity index (χ0n) is 11.8. The predicted molar refractivity (Wildman–Crippen MR) is 90.4 cm³/mol. The maximum absolute atomic E-state index is 12.3. The number of pyridine rings is 1. The SMILES string of the molecule is COc1ccc2cc(NC(=O)c3ccccc3Br)cnc2c1. The molecule has 5 heteroatoms. The third kappa shape index (κ3) is 2.94. The summed E-state index contributed by atoms with van der Waals surface area (Å²) in [5.74, 6) is 0.576. The predicted octanol–water partition coefficient (Wildman–Crippen LogP) is 4.26. The Kier molecular flexibility index (Phi) is 4.06. The molecule has 3 rings (SSSR count). The van der Waals surface area contributed by atoms with E-state index < -0.39 is 0 Å². The minimum absolute atomic E-state index is 0.179. The van der Waals surface area contributed by atoms with Crippen molar-refractivity contribution in [2.24, 2.45) is 0 Å². The molecule has 110 valence electrons. The van der Waals surface area contributed by atoms with Gasteiger partial charge in [-0.25, -0.2) is 0 Å². The lowest BCUT2D eigenvalue weighted by atomic mass is 10.2. The number of hydrogen-bond donors (Lipinski definition) is 1. The first-order chi connectivity index (χ1) is 10.7. The monoisotopic (exact) mass is 356 g/mol. The van der Waals surface area contributed by atoms with Crippen LogP contribution < -0.4 is 10.1 Å². The molecule has 0 unspecified atom stereocenters. The summed E-state index contributed by atoms with van der Waals surface area (Å²) in [6.45, 7) is 0. The van der Waals surface area contributed by atoms with E-state index in [1.807, 2.05) is 42.5 Å². The van der Waals surface area contributed by atoms with Gasteiger partial charge in [0.15, 0.2) is 0 Å². The van der Waals surface area contributed by atoms with Crippen molar-refractivity contribution in [3.05, 3.63) is 64.8 Å². The van der Waals surface area contributed by atoms with Crippen LogP contribution in [0.3, 0.4) is 0 Å². The number of anilines is 1. The highest BCUT2D eigenvalue weighted by Gasteiger charge is 2.10. The van der Waals surface area contributed by atoms with Gasteiger partial charge in [0.1, 0.15) is 5.75 Å². The Labute approximate surface area is 136 Å². The second kappa shape index (κ2) is 6.15. The fourth-order valence-electron chi connectivity index (χ4n) is 2.14. The van der Waals surface area contributed by atoms with Crippen LogP contribution in [0.5, 0.6) is 5.75 Å².